The molecule has 0 amide bonds. The number of ether oxygens (including phenoxy) is 1. The van der Waals surface area contributed by atoms with Crippen LogP contribution in [0.25, 0.3) is 0 Å². The van der Waals surface area contributed by atoms with Gasteiger partial charge in [0.1, 0.15) is 6.10 Å². The van der Waals surface area contributed by atoms with Gasteiger partial charge in [0.2, 0.25) is 5.52 Å². The van der Waals surface area contributed by atoms with Crippen LogP contribution in [0.4, 0.5) is 4.79 Å². The molecule has 4 nitrogen and oxygen atoms in total. The highest BCUT2D eigenvalue weighted by atomic mass is 31.2. The zero-order valence-electron chi connectivity index (χ0n) is 20.1. The van der Waals surface area contributed by atoms with Crippen molar-refractivity contribution in [1.82, 2.24) is 0 Å². The molecule has 3 rings (SSSR count). The Hall–Kier alpha value is -2.19. The number of rotatable bonds is 6. The molecule has 0 saturated heterocycles. The largest absolute Gasteiger partial charge is 0.456 e. The standard InChI is InChI=1S/C27H35O4P/c1-17(2)23-13-12-18(3)16-24(23)31-27(29)32(30,22-10-8-7-9-11-22)26(28)25-20(5)14-19(4)15-21(25)6/h7-11,14-15,17-18,23-24H,12-13,16H2,1-6H3/t18-,23+,24-,32?/m1/s1. The second kappa shape index (κ2) is 9.75. The molecule has 1 saturated carbocycles. The van der Waals surface area contributed by atoms with Crippen LogP contribution in [0.2, 0.25) is 0 Å². The lowest BCUT2D eigenvalue weighted by Gasteiger charge is -2.37. The van der Waals surface area contributed by atoms with Crippen molar-refractivity contribution in [3.8, 4) is 0 Å². The smallest absolute Gasteiger partial charge is 0.376 e. The summed E-state index contributed by atoms with van der Waals surface area (Å²) in [4.78, 5) is 27.4. The molecule has 0 heterocycles. The van der Waals surface area contributed by atoms with Crippen molar-refractivity contribution >= 4 is 23.7 Å². The number of aryl methyl sites for hydroxylation is 3. The molecule has 1 fully saturated rings. The molecule has 5 heteroatoms. The van der Waals surface area contributed by atoms with E-state index in [1.807, 2.05) is 32.9 Å². The third kappa shape index (κ3) is 4.76. The van der Waals surface area contributed by atoms with E-state index in [9.17, 15) is 14.2 Å². The van der Waals surface area contributed by atoms with Gasteiger partial charge < -0.3 is 4.74 Å². The van der Waals surface area contributed by atoms with Gasteiger partial charge in [-0.1, -0.05) is 75.2 Å². The minimum Gasteiger partial charge on any atom is -0.456 e. The van der Waals surface area contributed by atoms with Gasteiger partial charge in [-0.2, -0.15) is 0 Å². The molecule has 0 aliphatic heterocycles. The maximum absolute atomic E-state index is 14.4. The van der Waals surface area contributed by atoms with E-state index in [1.165, 1.54) is 0 Å². The monoisotopic (exact) mass is 454 g/mol. The van der Waals surface area contributed by atoms with E-state index in [0.717, 1.165) is 36.0 Å². The van der Waals surface area contributed by atoms with E-state index in [2.05, 4.69) is 20.8 Å². The van der Waals surface area contributed by atoms with E-state index in [-0.39, 0.29) is 17.3 Å². The van der Waals surface area contributed by atoms with E-state index < -0.39 is 18.4 Å². The van der Waals surface area contributed by atoms with Crippen molar-refractivity contribution in [2.24, 2.45) is 17.8 Å². The summed E-state index contributed by atoms with van der Waals surface area (Å²) in [5.41, 5.74) is 1.32. The Labute approximate surface area is 192 Å². The Bertz CT molecular complexity index is 1020. The van der Waals surface area contributed by atoms with Crippen LogP contribution in [0, 0.1) is 38.5 Å². The topological polar surface area (TPSA) is 60.4 Å². The highest BCUT2D eigenvalue weighted by Gasteiger charge is 2.47. The van der Waals surface area contributed by atoms with Crippen molar-refractivity contribution in [2.75, 3.05) is 0 Å². The maximum Gasteiger partial charge on any atom is 0.376 e. The molecule has 4 atom stereocenters. The second-order valence-corrected chi connectivity index (χ2v) is 12.3. The predicted molar refractivity (Wildman–Crippen MR) is 130 cm³/mol. The minimum atomic E-state index is -4.19. The van der Waals surface area contributed by atoms with Crippen LogP contribution in [0.5, 0.6) is 0 Å². The minimum absolute atomic E-state index is 0.206. The molecule has 0 spiro atoms. The second-order valence-electron chi connectivity index (χ2n) is 9.77. The molecule has 2 aromatic rings. The molecule has 0 radical (unpaired) electrons. The first kappa shape index (κ1) is 24.5. The summed E-state index contributed by atoms with van der Waals surface area (Å²) in [6, 6.07) is 12.2. The highest BCUT2D eigenvalue weighted by Crippen LogP contribution is 2.52. The van der Waals surface area contributed by atoms with Crippen LogP contribution in [0.3, 0.4) is 0 Å². The van der Waals surface area contributed by atoms with E-state index in [1.54, 1.807) is 30.3 Å². The van der Waals surface area contributed by atoms with Crippen molar-refractivity contribution < 1.29 is 18.9 Å². The van der Waals surface area contributed by atoms with Gasteiger partial charge in [-0.15, -0.1) is 0 Å². The lowest BCUT2D eigenvalue weighted by atomic mass is 9.75. The SMILES string of the molecule is Cc1cc(C)c(C(=O)P(=O)(C(=O)O[C@@H]2C[C@H](C)CC[C@H]2C(C)C)c2ccccc2)c(C)c1. The number of benzene rings is 2. The average Bonchev–Trinajstić information content (AvgIpc) is 2.72. The molecule has 1 unspecified atom stereocenters. The van der Waals surface area contributed by atoms with Gasteiger partial charge in [-0.05, 0) is 62.5 Å². The van der Waals surface area contributed by atoms with Crippen LogP contribution in [0.1, 0.15) is 67.1 Å². The molecule has 0 bridgehead atoms. The summed E-state index contributed by atoms with van der Waals surface area (Å²) in [5, 5.41) is 0.235. The fourth-order valence-electron chi connectivity index (χ4n) is 5.07. The predicted octanol–water partition coefficient (Wildman–Crippen LogP) is 7.04. The molecular formula is C27H35O4P. The van der Waals surface area contributed by atoms with E-state index >= 15 is 0 Å². The van der Waals surface area contributed by atoms with Gasteiger partial charge in [0.15, 0.2) is 0 Å². The molecule has 0 N–H and O–H groups in total. The molecule has 1 aliphatic carbocycles. The summed E-state index contributed by atoms with van der Waals surface area (Å²) < 4.78 is 20.4. The summed E-state index contributed by atoms with van der Waals surface area (Å²) >= 11 is 0. The Kier molecular flexibility index (Phi) is 7.45. The van der Waals surface area contributed by atoms with Gasteiger partial charge in [-0.25, -0.2) is 4.79 Å². The average molecular weight is 455 g/mol. The Balaban J connectivity index is 2.06. The maximum atomic E-state index is 14.4. The summed E-state index contributed by atoms with van der Waals surface area (Å²) in [6.07, 6.45) is 2.47. The van der Waals surface area contributed by atoms with Crippen molar-refractivity contribution in [2.45, 2.75) is 66.9 Å². The number of hydrogen-bond donors (Lipinski definition) is 0. The van der Waals surface area contributed by atoms with Crippen LogP contribution in [0.15, 0.2) is 42.5 Å². The van der Waals surface area contributed by atoms with Crippen LogP contribution < -0.4 is 5.30 Å². The van der Waals surface area contributed by atoms with Gasteiger partial charge in [-0.3, -0.25) is 9.36 Å². The summed E-state index contributed by atoms with van der Waals surface area (Å²) in [5.74, 6) is 0.974. The molecule has 2 aromatic carbocycles. The van der Waals surface area contributed by atoms with Crippen LogP contribution >= 0.6 is 7.14 Å². The van der Waals surface area contributed by atoms with E-state index in [0.29, 0.717) is 17.4 Å². The number of carbonyl (C=O) groups is 2. The fourth-order valence-corrected chi connectivity index (χ4v) is 7.23. The van der Waals surface area contributed by atoms with Gasteiger partial charge in [0, 0.05) is 10.9 Å². The molecule has 172 valence electrons. The lowest BCUT2D eigenvalue weighted by Crippen LogP contribution is -2.36. The third-order valence-electron chi connectivity index (χ3n) is 6.77. The summed E-state index contributed by atoms with van der Waals surface area (Å²) in [6.45, 7) is 12.0. The molecular weight excluding hydrogens is 419 g/mol. The molecule has 1 aliphatic rings. The quantitative estimate of drug-likeness (QED) is 0.439. The molecule has 32 heavy (non-hydrogen) atoms. The van der Waals surface area contributed by atoms with Crippen LogP contribution in [-0.2, 0) is 9.30 Å². The van der Waals surface area contributed by atoms with Crippen molar-refractivity contribution in [1.29, 1.82) is 0 Å². The molecule has 0 aromatic heterocycles. The zero-order chi connectivity index (χ0) is 23.6. The third-order valence-corrected chi connectivity index (χ3v) is 9.21. The van der Waals surface area contributed by atoms with Crippen molar-refractivity contribution in [3.63, 3.8) is 0 Å². The Morgan fingerprint density at radius 2 is 1.59 bits per heavy atom. The summed E-state index contributed by atoms with van der Waals surface area (Å²) in [7, 11) is -4.19. The van der Waals surface area contributed by atoms with Crippen molar-refractivity contribution in [3.05, 3.63) is 64.7 Å². The first-order valence-electron chi connectivity index (χ1n) is 11.5. The Morgan fingerprint density at radius 3 is 2.16 bits per heavy atom. The lowest BCUT2D eigenvalue weighted by molar-refractivity contribution is 0.0175. The highest BCUT2D eigenvalue weighted by molar-refractivity contribution is 8.00. The van der Waals surface area contributed by atoms with Gasteiger partial charge in [0.25, 0.3) is 7.14 Å². The fraction of sp³-hybridized carbons (Fsp3) is 0.481. The van der Waals surface area contributed by atoms with Crippen LogP contribution in [-0.4, -0.2) is 17.3 Å². The Morgan fingerprint density at radius 1 is 1.00 bits per heavy atom. The normalized spacial score (nSPS) is 22.9. The zero-order valence-corrected chi connectivity index (χ0v) is 20.9. The first-order valence-corrected chi connectivity index (χ1v) is 13.3. The van der Waals surface area contributed by atoms with E-state index in [4.69, 9.17) is 4.74 Å². The number of carbonyl (C=O) groups excluding carboxylic acids is 2. The first-order chi connectivity index (χ1) is 15.1. The van der Waals surface area contributed by atoms with Gasteiger partial charge >= 0.3 is 5.71 Å². The number of hydrogen-bond acceptors (Lipinski definition) is 4. The van der Waals surface area contributed by atoms with Gasteiger partial charge in [0.05, 0.1) is 0 Å².